The Labute approximate surface area is 179 Å². The highest BCUT2D eigenvalue weighted by Crippen LogP contribution is 2.33. The van der Waals surface area contributed by atoms with Gasteiger partial charge in [-0.05, 0) is 44.7 Å². The Kier molecular flexibility index (Phi) is 6.37. The van der Waals surface area contributed by atoms with Gasteiger partial charge in [0.15, 0.2) is 0 Å². The zero-order valence-corrected chi connectivity index (χ0v) is 18.7. The van der Waals surface area contributed by atoms with Gasteiger partial charge in [-0.25, -0.2) is 4.98 Å². The number of morpholine rings is 1. The van der Waals surface area contributed by atoms with Crippen molar-refractivity contribution in [1.82, 2.24) is 14.8 Å². The molecule has 4 heterocycles. The second-order valence-corrected chi connectivity index (χ2v) is 10.4. The summed E-state index contributed by atoms with van der Waals surface area (Å²) in [6.45, 7) is 9.06. The number of amides is 1. The first-order valence-electron chi connectivity index (χ1n) is 9.86. The highest BCUT2D eigenvalue weighted by atomic mass is 35.5. The van der Waals surface area contributed by atoms with Crippen molar-refractivity contribution < 1.29 is 9.53 Å². The lowest BCUT2D eigenvalue weighted by Gasteiger charge is -2.39. The van der Waals surface area contributed by atoms with E-state index in [0.717, 1.165) is 59.8 Å². The molecule has 0 spiro atoms. The molecule has 2 aliphatic heterocycles. The van der Waals surface area contributed by atoms with Crippen LogP contribution in [0.2, 0.25) is 4.34 Å². The molecule has 2 aromatic rings. The maximum absolute atomic E-state index is 12.9. The van der Waals surface area contributed by atoms with Crippen LogP contribution in [0.4, 0.5) is 0 Å². The molecule has 0 radical (unpaired) electrons. The first-order chi connectivity index (χ1) is 13.5. The Bertz CT molecular complexity index is 806. The number of aromatic nitrogens is 1. The molecule has 152 valence electrons. The maximum atomic E-state index is 12.9. The number of likely N-dealkylation sites (tertiary alicyclic amines) is 1. The summed E-state index contributed by atoms with van der Waals surface area (Å²) in [7, 11) is 0. The van der Waals surface area contributed by atoms with Crippen molar-refractivity contribution in [1.29, 1.82) is 0 Å². The van der Waals surface area contributed by atoms with Gasteiger partial charge in [0, 0.05) is 38.1 Å². The summed E-state index contributed by atoms with van der Waals surface area (Å²) in [6.07, 6.45) is 2.73. The number of hydrogen-bond acceptors (Lipinski definition) is 6. The molecule has 2 saturated heterocycles. The van der Waals surface area contributed by atoms with Gasteiger partial charge in [-0.2, -0.15) is 0 Å². The van der Waals surface area contributed by atoms with Crippen molar-refractivity contribution >= 4 is 40.2 Å². The van der Waals surface area contributed by atoms with Gasteiger partial charge in [0.2, 0.25) is 0 Å². The van der Waals surface area contributed by atoms with Crippen molar-refractivity contribution in [3.63, 3.8) is 0 Å². The van der Waals surface area contributed by atoms with Gasteiger partial charge < -0.3 is 9.64 Å². The highest BCUT2D eigenvalue weighted by Gasteiger charge is 2.29. The summed E-state index contributed by atoms with van der Waals surface area (Å²) in [4.78, 5) is 22.9. The van der Waals surface area contributed by atoms with Gasteiger partial charge >= 0.3 is 0 Å². The topological polar surface area (TPSA) is 45.7 Å². The van der Waals surface area contributed by atoms with Gasteiger partial charge in [0.25, 0.3) is 5.91 Å². The molecule has 0 aromatic carbocycles. The standard InChI is InChI=1S/C20H26ClN3O2S2/c1-13-9-23(10-14(2)26-13)11-15-5-7-24(8-6-15)20(25)16-12-27-19(22-16)17-3-4-18(21)28-17/h3-4,12-15H,5-11H2,1-2H3. The molecular formula is C20H26ClN3O2S2. The first kappa shape index (κ1) is 20.3. The Morgan fingerprint density at radius 1 is 1.25 bits per heavy atom. The molecule has 2 atom stereocenters. The van der Waals surface area contributed by atoms with Gasteiger partial charge in [-0.15, -0.1) is 22.7 Å². The van der Waals surface area contributed by atoms with Crippen LogP contribution in [0.25, 0.3) is 9.88 Å². The number of thiophene rings is 1. The normalized spacial score (nSPS) is 24.6. The number of hydrogen-bond donors (Lipinski definition) is 0. The summed E-state index contributed by atoms with van der Waals surface area (Å²) in [6, 6.07) is 3.82. The number of rotatable bonds is 4. The third-order valence-electron chi connectivity index (χ3n) is 5.42. The maximum Gasteiger partial charge on any atom is 0.273 e. The number of thiazole rings is 1. The molecule has 8 heteroatoms. The minimum absolute atomic E-state index is 0.0530. The summed E-state index contributed by atoms with van der Waals surface area (Å²) in [5.74, 6) is 0.707. The largest absolute Gasteiger partial charge is 0.373 e. The van der Waals surface area contributed by atoms with Gasteiger partial charge in [-0.1, -0.05) is 11.6 Å². The summed E-state index contributed by atoms with van der Waals surface area (Å²) < 4.78 is 6.57. The van der Waals surface area contributed by atoms with Crippen molar-refractivity contribution in [3.05, 3.63) is 27.5 Å². The van der Waals surface area contributed by atoms with E-state index >= 15 is 0 Å². The van der Waals surface area contributed by atoms with E-state index in [1.807, 2.05) is 22.4 Å². The van der Waals surface area contributed by atoms with Crippen LogP contribution in [0.15, 0.2) is 17.5 Å². The van der Waals surface area contributed by atoms with Gasteiger partial charge in [0.1, 0.15) is 10.7 Å². The average Bonchev–Trinajstić information content (AvgIpc) is 3.30. The van der Waals surface area contributed by atoms with E-state index in [1.165, 1.54) is 22.7 Å². The van der Waals surface area contributed by atoms with E-state index in [0.29, 0.717) is 23.8 Å². The lowest BCUT2D eigenvalue weighted by atomic mass is 9.95. The third-order valence-corrected chi connectivity index (χ3v) is 7.66. The quantitative estimate of drug-likeness (QED) is 0.704. The number of carbonyl (C=O) groups excluding carboxylic acids is 1. The molecule has 2 aliphatic rings. The van der Waals surface area contributed by atoms with Crippen LogP contribution in [0.1, 0.15) is 37.2 Å². The lowest BCUT2D eigenvalue weighted by Crippen LogP contribution is -2.48. The third kappa shape index (κ3) is 4.76. The van der Waals surface area contributed by atoms with Crippen molar-refractivity contribution in [2.75, 3.05) is 32.7 Å². The second kappa shape index (κ2) is 8.79. The molecule has 0 saturated carbocycles. The first-order valence-corrected chi connectivity index (χ1v) is 11.9. The molecule has 5 nitrogen and oxygen atoms in total. The Balaban J connectivity index is 1.30. The van der Waals surface area contributed by atoms with Crippen LogP contribution in [-0.4, -0.2) is 65.6 Å². The number of carbonyl (C=O) groups is 1. The predicted molar refractivity (Wildman–Crippen MR) is 116 cm³/mol. The summed E-state index contributed by atoms with van der Waals surface area (Å²) in [5.41, 5.74) is 0.554. The molecule has 0 bridgehead atoms. The van der Waals surface area contributed by atoms with Crippen LogP contribution in [-0.2, 0) is 4.74 Å². The lowest BCUT2D eigenvalue weighted by molar-refractivity contribution is -0.0728. The van der Waals surface area contributed by atoms with Crippen LogP contribution in [0, 0.1) is 5.92 Å². The fraction of sp³-hybridized carbons (Fsp3) is 0.600. The average molecular weight is 440 g/mol. The predicted octanol–water partition coefficient (Wildman–Crippen LogP) is 4.49. The number of ether oxygens (including phenoxy) is 1. The second-order valence-electron chi connectivity index (χ2n) is 7.85. The highest BCUT2D eigenvalue weighted by molar-refractivity contribution is 7.23. The minimum Gasteiger partial charge on any atom is -0.373 e. The van der Waals surface area contributed by atoms with E-state index in [4.69, 9.17) is 16.3 Å². The fourth-order valence-electron chi connectivity index (χ4n) is 4.19. The molecular weight excluding hydrogens is 414 g/mol. The van der Waals surface area contributed by atoms with Crippen LogP contribution >= 0.6 is 34.3 Å². The monoisotopic (exact) mass is 439 g/mol. The van der Waals surface area contributed by atoms with Gasteiger partial charge in [-0.3, -0.25) is 9.69 Å². The van der Waals surface area contributed by atoms with E-state index in [1.54, 1.807) is 0 Å². The van der Waals surface area contributed by atoms with E-state index < -0.39 is 0 Å². The van der Waals surface area contributed by atoms with Crippen LogP contribution in [0.3, 0.4) is 0 Å². The zero-order chi connectivity index (χ0) is 19.7. The summed E-state index contributed by atoms with van der Waals surface area (Å²) >= 11 is 9.01. The Morgan fingerprint density at radius 2 is 1.96 bits per heavy atom. The Morgan fingerprint density at radius 3 is 2.61 bits per heavy atom. The minimum atomic E-state index is 0.0530. The molecule has 2 unspecified atom stereocenters. The number of nitrogens with zero attached hydrogens (tertiary/aromatic N) is 3. The van der Waals surface area contributed by atoms with Crippen molar-refractivity contribution in [3.8, 4) is 9.88 Å². The zero-order valence-electron chi connectivity index (χ0n) is 16.3. The smallest absolute Gasteiger partial charge is 0.273 e. The van der Waals surface area contributed by atoms with Crippen molar-refractivity contribution in [2.24, 2.45) is 5.92 Å². The molecule has 4 rings (SSSR count). The molecule has 0 N–H and O–H groups in total. The molecule has 2 fully saturated rings. The van der Waals surface area contributed by atoms with E-state index in [9.17, 15) is 4.79 Å². The Hall–Kier alpha value is -0.990. The molecule has 1 amide bonds. The van der Waals surface area contributed by atoms with E-state index in [-0.39, 0.29) is 5.91 Å². The van der Waals surface area contributed by atoms with Crippen LogP contribution < -0.4 is 0 Å². The molecule has 28 heavy (non-hydrogen) atoms. The fourth-order valence-corrected chi connectivity index (χ4v) is 6.10. The summed E-state index contributed by atoms with van der Waals surface area (Å²) in [5, 5.41) is 2.74. The van der Waals surface area contributed by atoms with Gasteiger partial charge in [0.05, 0.1) is 21.4 Å². The number of piperidine rings is 1. The molecule has 0 aliphatic carbocycles. The SMILES string of the molecule is CC1CN(CC2CCN(C(=O)c3csc(-c4ccc(Cl)s4)n3)CC2)CC(C)O1. The van der Waals surface area contributed by atoms with Crippen LogP contribution in [0.5, 0.6) is 0 Å². The van der Waals surface area contributed by atoms with Crippen molar-refractivity contribution in [2.45, 2.75) is 38.9 Å². The number of halogens is 1. The molecule has 2 aromatic heterocycles. The van der Waals surface area contributed by atoms with E-state index in [2.05, 4.69) is 23.7 Å².